The molecule has 0 radical (unpaired) electrons. The molecule has 1 aliphatic rings. The molecule has 0 aromatic carbocycles. The summed E-state index contributed by atoms with van der Waals surface area (Å²) < 4.78 is 0. The van der Waals surface area contributed by atoms with Crippen LogP contribution in [0.2, 0.25) is 0 Å². The van der Waals surface area contributed by atoms with E-state index < -0.39 is 0 Å². The Labute approximate surface area is 120 Å². The van der Waals surface area contributed by atoms with Gasteiger partial charge in [-0.15, -0.1) is 11.3 Å². The van der Waals surface area contributed by atoms with Crippen LogP contribution >= 0.6 is 11.3 Å². The molecule has 0 aliphatic carbocycles. The van der Waals surface area contributed by atoms with E-state index >= 15 is 0 Å². The van der Waals surface area contributed by atoms with Crippen LogP contribution in [0.1, 0.15) is 26.7 Å². The van der Waals surface area contributed by atoms with Crippen molar-refractivity contribution >= 4 is 16.5 Å². The Morgan fingerprint density at radius 1 is 1.26 bits per heavy atom. The highest BCUT2D eigenvalue weighted by Gasteiger charge is 2.29. The third-order valence-electron chi connectivity index (χ3n) is 4.46. The van der Waals surface area contributed by atoms with Gasteiger partial charge < -0.3 is 10.0 Å². The van der Waals surface area contributed by atoms with Gasteiger partial charge in [-0.1, -0.05) is 13.8 Å². The van der Waals surface area contributed by atoms with Crippen molar-refractivity contribution in [2.24, 2.45) is 5.41 Å². The maximum Gasteiger partial charge on any atom is 0.185 e. The van der Waals surface area contributed by atoms with Crippen molar-refractivity contribution in [3.63, 3.8) is 0 Å². The van der Waals surface area contributed by atoms with Gasteiger partial charge >= 0.3 is 0 Å². The van der Waals surface area contributed by atoms with E-state index in [4.69, 9.17) is 0 Å². The van der Waals surface area contributed by atoms with Gasteiger partial charge in [-0.3, -0.25) is 4.90 Å². The molecule has 108 valence electrons. The average Bonchev–Trinajstić information content (AvgIpc) is 3.00. The van der Waals surface area contributed by atoms with Crippen molar-refractivity contribution in [2.45, 2.75) is 26.7 Å². The Balaban J connectivity index is 1.86. The normalized spacial score (nSPS) is 17.9. The van der Waals surface area contributed by atoms with Gasteiger partial charge in [0.25, 0.3) is 0 Å². The highest BCUT2D eigenvalue weighted by Crippen LogP contribution is 2.28. The van der Waals surface area contributed by atoms with E-state index in [0.717, 1.165) is 50.7 Å². The van der Waals surface area contributed by atoms with Gasteiger partial charge in [-0.2, -0.15) is 0 Å². The van der Waals surface area contributed by atoms with Crippen molar-refractivity contribution in [3.8, 4) is 0 Å². The van der Waals surface area contributed by atoms with Crippen LogP contribution in [0.4, 0.5) is 5.13 Å². The molecule has 1 saturated heterocycles. The Morgan fingerprint density at radius 2 is 1.95 bits per heavy atom. The van der Waals surface area contributed by atoms with E-state index in [0.29, 0.717) is 6.61 Å². The summed E-state index contributed by atoms with van der Waals surface area (Å²) in [5, 5.41) is 12.8. The van der Waals surface area contributed by atoms with Crippen molar-refractivity contribution < 1.29 is 5.11 Å². The lowest BCUT2D eigenvalue weighted by Gasteiger charge is -2.40. The molecule has 0 amide bonds. The molecule has 1 aromatic rings. The van der Waals surface area contributed by atoms with E-state index in [1.807, 2.05) is 11.6 Å². The molecule has 1 aromatic heterocycles. The summed E-state index contributed by atoms with van der Waals surface area (Å²) in [6, 6.07) is 0. The lowest BCUT2D eigenvalue weighted by molar-refractivity contribution is 0.0634. The number of thiazole rings is 1. The number of nitrogens with zero attached hydrogens (tertiary/aromatic N) is 3. The summed E-state index contributed by atoms with van der Waals surface area (Å²) in [4.78, 5) is 9.23. The second kappa shape index (κ2) is 6.68. The van der Waals surface area contributed by atoms with Crippen LogP contribution in [-0.4, -0.2) is 54.3 Å². The maximum atomic E-state index is 9.66. The summed E-state index contributed by atoms with van der Waals surface area (Å²) >= 11 is 1.71. The number of rotatable bonds is 6. The van der Waals surface area contributed by atoms with Crippen LogP contribution in [0.25, 0.3) is 0 Å². The Kier molecular flexibility index (Phi) is 5.19. The van der Waals surface area contributed by atoms with Gasteiger partial charge in [-0.05, 0) is 12.8 Å². The molecule has 1 N–H and O–H groups in total. The van der Waals surface area contributed by atoms with Crippen LogP contribution in [-0.2, 0) is 0 Å². The van der Waals surface area contributed by atoms with Crippen molar-refractivity contribution in [2.75, 3.05) is 44.2 Å². The van der Waals surface area contributed by atoms with Gasteiger partial charge in [0.05, 0.1) is 0 Å². The third-order valence-corrected chi connectivity index (χ3v) is 5.29. The summed E-state index contributed by atoms with van der Waals surface area (Å²) in [6.07, 6.45) is 3.97. The van der Waals surface area contributed by atoms with Crippen LogP contribution in [0, 0.1) is 5.41 Å². The van der Waals surface area contributed by atoms with Gasteiger partial charge in [0.2, 0.25) is 0 Å². The summed E-state index contributed by atoms with van der Waals surface area (Å²) in [7, 11) is 0. The molecular formula is C14H25N3OS. The quantitative estimate of drug-likeness (QED) is 0.867. The topological polar surface area (TPSA) is 39.6 Å². The number of hydrogen-bond acceptors (Lipinski definition) is 5. The zero-order valence-electron chi connectivity index (χ0n) is 12.0. The number of aliphatic hydroxyl groups excluding tert-OH is 1. The Bertz CT molecular complexity index is 349. The molecule has 5 heteroatoms. The minimum absolute atomic E-state index is 0.0867. The molecule has 0 atom stereocenters. The number of aromatic nitrogens is 1. The minimum atomic E-state index is 0.0867. The number of aliphatic hydroxyl groups is 1. The van der Waals surface area contributed by atoms with Crippen molar-refractivity contribution in [1.29, 1.82) is 0 Å². The molecule has 0 spiro atoms. The predicted octanol–water partition coefficient (Wildman–Crippen LogP) is 2.06. The van der Waals surface area contributed by atoms with E-state index in [-0.39, 0.29) is 5.41 Å². The van der Waals surface area contributed by atoms with E-state index in [9.17, 15) is 5.11 Å². The minimum Gasteiger partial charge on any atom is -0.396 e. The highest BCUT2D eigenvalue weighted by atomic mass is 32.1. The molecule has 4 nitrogen and oxygen atoms in total. The van der Waals surface area contributed by atoms with Gasteiger partial charge in [0, 0.05) is 56.3 Å². The second-order valence-corrected chi connectivity index (χ2v) is 6.32. The molecule has 19 heavy (non-hydrogen) atoms. The smallest absolute Gasteiger partial charge is 0.185 e. The molecular weight excluding hydrogens is 258 g/mol. The first kappa shape index (κ1) is 14.8. The zero-order chi connectivity index (χ0) is 13.7. The first-order valence-electron chi connectivity index (χ1n) is 7.20. The van der Waals surface area contributed by atoms with Crippen molar-refractivity contribution in [3.05, 3.63) is 11.6 Å². The first-order chi connectivity index (χ1) is 9.23. The lowest BCUT2D eigenvalue weighted by Crippen LogP contribution is -2.50. The fraction of sp³-hybridized carbons (Fsp3) is 0.786. The Morgan fingerprint density at radius 3 is 2.42 bits per heavy atom. The average molecular weight is 283 g/mol. The molecule has 2 heterocycles. The highest BCUT2D eigenvalue weighted by molar-refractivity contribution is 7.13. The number of hydrogen-bond donors (Lipinski definition) is 1. The molecule has 2 rings (SSSR count). The van der Waals surface area contributed by atoms with E-state index in [1.165, 1.54) is 0 Å². The standard InChI is InChI=1S/C14H25N3OS/c1-3-14(4-2,12-18)11-16-6-8-17(9-7-16)13-15-5-10-19-13/h5,10,18H,3-4,6-9,11-12H2,1-2H3. The molecule has 0 saturated carbocycles. The largest absolute Gasteiger partial charge is 0.396 e. The Hall–Kier alpha value is -0.650. The third kappa shape index (κ3) is 3.46. The first-order valence-corrected chi connectivity index (χ1v) is 8.08. The van der Waals surface area contributed by atoms with Crippen LogP contribution in [0.3, 0.4) is 0 Å². The SMILES string of the molecule is CCC(CC)(CO)CN1CCN(c2nccs2)CC1. The fourth-order valence-electron chi connectivity index (χ4n) is 2.69. The second-order valence-electron chi connectivity index (χ2n) is 5.44. The molecule has 1 fully saturated rings. The fourth-order valence-corrected chi connectivity index (χ4v) is 3.39. The number of piperazine rings is 1. The maximum absolute atomic E-state index is 9.66. The molecule has 0 unspecified atom stereocenters. The monoisotopic (exact) mass is 283 g/mol. The summed E-state index contributed by atoms with van der Waals surface area (Å²) in [5.41, 5.74) is 0.0867. The zero-order valence-corrected chi connectivity index (χ0v) is 12.8. The predicted molar refractivity (Wildman–Crippen MR) is 80.9 cm³/mol. The number of anilines is 1. The summed E-state index contributed by atoms with van der Waals surface area (Å²) in [5.74, 6) is 0. The van der Waals surface area contributed by atoms with Crippen molar-refractivity contribution in [1.82, 2.24) is 9.88 Å². The van der Waals surface area contributed by atoms with Gasteiger partial charge in [-0.25, -0.2) is 4.98 Å². The molecule has 0 bridgehead atoms. The van der Waals surface area contributed by atoms with E-state index in [2.05, 4.69) is 28.6 Å². The van der Waals surface area contributed by atoms with E-state index in [1.54, 1.807) is 11.3 Å². The lowest BCUT2D eigenvalue weighted by atomic mass is 9.82. The van der Waals surface area contributed by atoms with Crippen LogP contribution < -0.4 is 4.90 Å². The van der Waals surface area contributed by atoms with Gasteiger partial charge in [0.15, 0.2) is 5.13 Å². The van der Waals surface area contributed by atoms with Crippen LogP contribution in [0.15, 0.2) is 11.6 Å². The summed E-state index contributed by atoms with van der Waals surface area (Å²) in [6.45, 7) is 9.92. The van der Waals surface area contributed by atoms with Gasteiger partial charge in [0.1, 0.15) is 0 Å². The van der Waals surface area contributed by atoms with Crippen LogP contribution in [0.5, 0.6) is 0 Å². The molecule has 1 aliphatic heterocycles.